The van der Waals surface area contributed by atoms with Crippen LogP contribution in [-0.4, -0.2) is 49.5 Å². The molecule has 1 fully saturated rings. The van der Waals surface area contributed by atoms with E-state index in [-0.39, 0.29) is 6.10 Å². The number of methoxy groups -OCH3 is 1. The summed E-state index contributed by atoms with van der Waals surface area (Å²) in [7, 11) is 1.60. The van der Waals surface area contributed by atoms with Crippen LogP contribution in [0.4, 0.5) is 11.5 Å². The lowest BCUT2D eigenvalue weighted by atomic mass is 10.2. The molecule has 1 unspecified atom stereocenters. The van der Waals surface area contributed by atoms with Crippen LogP contribution in [0.3, 0.4) is 0 Å². The second-order valence-electron chi connectivity index (χ2n) is 6.53. The molecular formula is C20H20Cl2N4O3. The van der Waals surface area contributed by atoms with E-state index in [9.17, 15) is 0 Å². The average molecular weight is 435 g/mol. The first-order valence-electron chi connectivity index (χ1n) is 9.13. The minimum absolute atomic E-state index is 0.000595. The first kappa shape index (κ1) is 20.0. The minimum atomic E-state index is -0.000595. The van der Waals surface area contributed by atoms with E-state index in [0.29, 0.717) is 46.1 Å². The van der Waals surface area contributed by atoms with E-state index in [1.807, 2.05) is 12.1 Å². The number of benzene rings is 2. The number of fused-ring (bicyclic) bond motifs is 1. The van der Waals surface area contributed by atoms with E-state index in [0.717, 1.165) is 24.2 Å². The Balaban J connectivity index is 1.62. The summed E-state index contributed by atoms with van der Waals surface area (Å²) in [6.07, 6.45) is 1.49. The van der Waals surface area contributed by atoms with Crippen LogP contribution in [0.25, 0.3) is 10.9 Å². The molecule has 1 aliphatic heterocycles. The number of nitrogens with one attached hydrogen (secondary N) is 2. The highest BCUT2D eigenvalue weighted by molar-refractivity contribution is 6.35. The molecule has 0 bridgehead atoms. The normalized spacial score (nSPS) is 16.6. The van der Waals surface area contributed by atoms with Crippen LogP contribution in [0.15, 0.2) is 36.7 Å². The number of morpholine rings is 1. The third-order valence-corrected chi connectivity index (χ3v) is 4.91. The number of aromatic nitrogens is 2. The van der Waals surface area contributed by atoms with Gasteiger partial charge in [-0.2, -0.15) is 0 Å². The van der Waals surface area contributed by atoms with Crippen LogP contribution in [0.1, 0.15) is 0 Å². The molecule has 3 aromatic rings. The molecule has 1 aromatic heterocycles. The van der Waals surface area contributed by atoms with Crippen molar-refractivity contribution < 1.29 is 14.2 Å². The van der Waals surface area contributed by atoms with Gasteiger partial charge in [-0.25, -0.2) is 9.97 Å². The topological polar surface area (TPSA) is 77.5 Å². The maximum absolute atomic E-state index is 6.09. The second-order valence-corrected chi connectivity index (χ2v) is 7.41. The van der Waals surface area contributed by atoms with Gasteiger partial charge in [0.25, 0.3) is 0 Å². The van der Waals surface area contributed by atoms with Gasteiger partial charge in [-0.3, -0.25) is 0 Å². The summed E-state index contributed by atoms with van der Waals surface area (Å²) in [5.74, 6) is 1.80. The number of nitrogens with zero attached hydrogens (tertiary/aromatic N) is 2. The first-order valence-corrected chi connectivity index (χ1v) is 9.89. The number of hydrogen-bond acceptors (Lipinski definition) is 7. The predicted molar refractivity (Wildman–Crippen MR) is 114 cm³/mol. The smallest absolute Gasteiger partial charge is 0.163 e. The standard InChI is InChI=1S/C20H20Cl2N4O3/c1-27-18-7-16-17(8-19(18)29-10-15-9-23-2-3-28-15)24-11-25-20(16)26-14-5-12(21)4-13(22)6-14/h4-8,11,15,23H,2-3,9-10H2,1H3,(H,24,25,26). The van der Waals surface area contributed by atoms with Gasteiger partial charge in [0.05, 0.1) is 19.2 Å². The summed E-state index contributed by atoms with van der Waals surface area (Å²) in [5.41, 5.74) is 1.44. The van der Waals surface area contributed by atoms with E-state index in [1.165, 1.54) is 6.33 Å². The van der Waals surface area contributed by atoms with Crippen LogP contribution >= 0.6 is 23.2 Å². The number of ether oxygens (including phenoxy) is 3. The molecule has 1 atom stereocenters. The maximum atomic E-state index is 6.09. The van der Waals surface area contributed by atoms with Gasteiger partial charge in [-0.1, -0.05) is 23.2 Å². The zero-order valence-corrected chi connectivity index (χ0v) is 17.3. The molecule has 0 radical (unpaired) electrons. The van der Waals surface area contributed by atoms with Crippen LogP contribution in [0, 0.1) is 0 Å². The molecule has 2 heterocycles. The summed E-state index contributed by atoms with van der Waals surface area (Å²) >= 11 is 12.2. The lowest BCUT2D eigenvalue weighted by Crippen LogP contribution is -2.41. The van der Waals surface area contributed by atoms with Gasteiger partial charge < -0.3 is 24.8 Å². The molecule has 152 valence electrons. The van der Waals surface area contributed by atoms with Crippen molar-refractivity contribution in [2.45, 2.75) is 6.10 Å². The Kier molecular flexibility index (Phi) is 6.20. The third-order valence-electron chi connectivity index (χ3n) is 4.48. The fourth-order valence-corrected chi connectivity index (χ4v) is 3.63. The number of anilines is 2. The molecule has 4 rings (SSSR count). The van der Waals surface area contributed by atoms with Gasteiger partial charge in [0.1, 0.15) is 24.9 Å². The highest BCUT2D eigenvalue weighted by Crippen LogP contribution is 2.35. The Labute approximate surface area is 178 Å². The van der Waals surface area contributed by atoms with Crippen molar-refractivity contribution in [2.24, 2.45) is 0 Å². The van der Waals surface area contributed by atoms with Gasteiger partial charge in [-0.15, -0.1) is 0 Å². The molecule has 2 aromatic carbocycles. The van der Waals surface area contributed by atoms with Crippen LogP contribution in [0.2, 0.25) is 10.0 Å². The lowest BCUT2D eigenvalue weighted by molar-refractivity contribution is -0.000235. The van der Waals surface area contributed by atoms with Gasteiger partial charge >= 0.3 is 0 Å². The third kappa shape index (κ3) is 4.82. The van der Waals surface area contributed by atoms with Gasteiger partial charge in [0.15, 0.2) is 11.5 Å². The van der Waals surface area contributed by atoms with Crippen molar-refractivity contribution >= 4 is 45.6 Å². The highest BCUT2D eigenvalue weighted by atomic mass is 35.5. The molecular weight excluding hydrogens is 415 g/mol. The summed E-state index contributed by atoms with van der Waals surface area (Å²) in [6.45, 7) is 2.72. The van der Waals surface area contributed by atoms with E-state index in [4.69, 9.17) is 37.4 Å². The molecule has 29 heavy (non-hydrogen) atoms. The summed E-state index contributed by atoms with van der Waals surface area (Å²) in [4.78, 5) is 8.72. The largest absolute Gasteiger partial charge is 0.493 e. The lowest BCUT2D eigenvalue weighted by Gasteiger charge is -2.24. The molecule has 7 nitrogen and oxygen atoms in total. The predicted octanol–water partition coefficient (Wildman–Crippen LogP) is 4.06. The quantitative estimate of drug-likeness (QED) is 0.605. The molecule has 9 heteroatoms. The van der Waals surface area contributed by atoms with Gasteiger partial charge in [-0.05, 0) is 24.3 Å². The molecule has 0 spiro atoms. The van der Waals surface area contributed by atoms with Crippen LogP contribution < -0.4 is 20.1 Å². The monoisotopic (exact) mass is 434 g/mol. The molecule has 0 aliphatic carbocycles. The summed E-state index contributed by atoms with van der Waals surface area (Å²) in [6, 6.07) is 8.90. The molecule has 0 saturated carbocycles. The average Bonchev–Trinajstić information content (AvgIpc) is 2.72. The van der Waals surface area contributed by atoms with Crippen molar-refractivity contribution in [3.05, 3.63) is 46.7 Å². The Bertz CT molecular complexity index is 992. The van der Waals surface area contributed by atoms with E-state index in [1.54, 1.807) is 25.3 Å². The fraction of sp³-hybridized carbons (Fsp3) is 0.300. The highest BCUT2D eigenvalue weighted by Gasteiger charge is 2.17. The summed E-state index contributed by atoms with van der Waals surface area (Å²) < 4.78 is 17.2. The van der Waals surface area contributed by atoms with Gasteiger partial charge in [0.2, 0.25) is 0 Å². The van der Waals surface area contributed by atoms with E-state index < -0.39 is 0 Å². The molecule has 1 aliphatic rings. The minimum Gasteiger partial charge on any atom is -0.493 e. The number of rotatable bonds is 6. The van der Waals surface area contributed by atoms with Crippen molar-refractivity contribution in [3.8, 4) is 11.5 Å². The molecule has 1 saturated heterocycles. The number of hydrogen-bond donors (Lipinski definition) is 2. The Morgan fingerprint density at radius 1 is 1.14 bits per heavy atom. The molecule has 0 amide bonds. The van der Waals surface area contributed by atoms with Crippen molar-refractivity contribution in [3.63, 3.8) is 0 Å². The number of halogens is 2. The van der Waals surface area contributed by atoms with Gasteiger partial charge in [0, 0.05) is 40.3 Å². The van der Waals surface area contributed by atoms with Crippen LogP contribution in [0.5, 0.6) is 11.5 Å². The Morgan fingerprint density at radius 3 is 2.69 bits per heavy atom. The first-order chi connectivity index (χ1) is 14.1. The fourth-order valence-electron chi connectivity index (χ4n) is 3.11. The Morgan fingerprint density at radius 2 is 1.97 bits per heavy atom. The van der Waals surface area contributed by atoms with E-state index >= 15 is 0 Å². The van der Waals surface area contributed by atoms with Crippen molar-refractivity contribution in [2.75, 3.05) is 38.7 Å². The SMILES string of the molecule is COc1cc2c(Nc3cc(Cl)cc(Cl)c3)ncnc2cc1OCC1CNCCO1. The zero-order chi connectivity index (χ0) is 20.2. The van der Waals surface area contributed by atoms with E-state index in [2.05, 4.69) is 20.6 Å². The maximum Gasteiger partial charge on any atom is 0.163 e. The van der Waals surface area contributed by atoms with Crippen molar-refractivity contribution in [1.29, 1.82) is 0 Å². The van der Waals surface area contributed by atoms with Crippen molar-refractivity contribution in [1.82, 2.24) is 15.3 Å². The van der Waals surface area contributed by atoms with Crippen LogP contribution in [-0.2, 0) is 4.74 Å². The Hall–Kier alpha value is -2.32. The summed E-state index contributed by atoms with van der Waals surface area (Å²) in [5, 5.41) is 8.37. The second kappa shape index (κ2) is 9.00. The molecule has 2 N–H and O–H groups in total. The zero-order valence-electron chi connectivity index (χ0n) is 15.7.